The Morgan fingerprint density at radius 1 is 1.17 bits per heavy atom. The molecule has 23 heavy (non-hydrogen) atoms. The summed E-state index contributed by atoms with van der Waals surface area (Å²) >= 11 is 0. The lowest BCUT2D eigenvalue weighted by atomic mass is 10.0. The number of halogens is 1. The number of amides is 1. The highest BCUT2D eigenvalue weighted by Crippen LogP contribution is 2.33. The molecule has 0 aliphatic carbocycles. The average Bonchev–Trinajstić information content (AvgIpc) is 3.22. The molecular formula is C18H16FN3O. The second-order valence-electron chi connectivity index (χ2n) is 5.80. The fourth-order valence-electron chi connectivity index (χ4n) is 3.30. The van der Waals surface area contributed by atoms with Crippen molar-refractivity contribution in [3.63, 3.8) is 0 Å². The molecule has 0 spiro atoms. The number of pyridine rings is 1. The van der Waals surface area contributed by atoms with Crippen LogP contribution in [0.15, 0.2) is 54.9 Å². The van der Waals surface area contributed by atoms with Crippen molar-refractivity contribution in [1.82, 2.24) is 14.5 Å². The van der Waals surface area contributed by atoms with Crippen molar-refractivity contribution in [2.75, 3.05) is 6.54 Å². The second-order valence-corrected chi connectivity index (χ2v) is 5.80. The van der Waals surface area contributed by atoms with E-state index in [2.05, 4.69) is 5.10 Å². The number of fused-ring (bicyclic) bond motifs is 1. The van der Waals surface area contributed by atoms with Gasteiger partial charge in [-0.15, -0.1) is 0 Å². The van der Waals surface area contributed by atoms with Gasteiger partial charge in [0.05, 0.1) is 23.3 Å². The van der Waals surface area contributed by atoms with Gasteiger partial charge in [-0.3, -0.25) is 4.79 Å². The quantitative estimate of drug-likeness (QED) is 0.727. The van der Waals surface area contributed by atoms with Gasteiger partial charge in [-0.2, -0.15) is 5.10 Å². The van der Waals surface area contributed by atoms with Crippen LogP contribution in [0.1, 0.15) is 34.8 Å². The van der Waals surface area contributed by atoms with Crippen molar-refractivity contribution in [3.8, 4) is 0 Å². The number of benzene rings is 1. The summed E-state index contributed by atoms with van der Waals surface area (Å²) in [5, 5.41) is 4.24. The molecule has 4 nitrogen and oxygen atoms in total. The smallest absolute Gasteiger partial charge is 0.258 e. The van der Waals surface area contributed by atoms with Crippen LogP contribution in [0, 0.1) is 5.82 Å². The summed E-state index contributed by atoms with van der Waals surface area (Å²) in [6.07, 6.45) is 5.30. The Morgan fingerprint density at radius 3 is 2.83 bits per heavy atom. The van der Waals surface area contributed by atoms with Crippen molar-refractivity contribution >= 4 is 11.4 Å². The van der Waals surface area contributed by atoms with E-state index in [-0.39, 0.29) is 17.8 Å². The maximum absolute atomic E-state index is 13.1. The first-order valence-corrected chi connectivity index (χ1v) is 7.73. The minimum Gasteiger partial charge on any atom is -0.331 e. The van der Waals surface area contributed by atoms with E-state index in [1.165, 1.54) is 12.1 Å². The maximum atomic E-state index is 13.1. The highest BCUT2D eigenvalue weighted by molar-refractivity contribution is 6.00. The van der Waals surface area contributed by atoms with E-state index in [4.69, 9.17) is 0 Å². The summed E-state index contributed by atoms with van der Waals surface area (Å²) in [5.41, 5.74) is 2.40. The molecule has 1 aliphatic rings. The fourth-order valence-corrected chi connectivity index (χ4v) is 3.30. The molecule has 2 aromatic heterocycles. The van der Waals surface area contributed by atoms with Crippen molar-refractivity contribution in [2.24, 2.45) is 0 Å². The molecule has 3 heterocycles. The maximum Gasteiger partial charge on any atom is 0.258 e. The second kappa shape index (κ2) is 5.50. The largest absolute Gasteiger partial charge is 0.331 e. The summed E-state index contributed by atoms with van der Waals surface area (Å²) in [6.45, 7) is 0.713. The van der Waals surface area contributed by atoms with Crippen LogP contribution in [-0.2, 0) is 0 Å². The molecule has 1 atom stereocenters. The van der Waals surface area contributed by atoms with Gasteiger partial charge in [-0.25, -0.2) is 8.91 Å². The molecule has 1 aromatic carbocycles. The molecule has 5 heteroatoms. The van der Waals surface area contributed by atoms with Gasteiger partial charge in [0.2, 0.25) is 0 Å². The Morgan fingerprint density at radius 2 is 2.00 bits per heavy atom. The topological polar surface area (TPSA) is 37.6 Å². The third kappa shape index (κ3) is 2.38. The Balaban J connectivity index is 1.68. The zero-order valence-corrected chi connectivity index (χ0v) is 12.5. The van der Waals surface area contributed by atoms with Gasteiger partial charge in [0, 0.05) is 12.7 Å². The summed E-state index contributed by atoms with van der Waals surface area (Å²) < 4.78 is 14.8. The molecule has 0 unspecified atom stereocenters. The van der Waals surface area contributed by atoms with Gasteiger partial charge in [0.15, 0.2) is 0 Å². The van der Waals surface area contributed by atoms with E-state index >= 15 is 0 Å². The molecule has 116 valence electrons. The van der Waals surface area contributed by atoms with Crippen molar-refractivity contribution in [1.29, 1.82) is 0 Å². The van der Waals surface area contributed by atoms with Crippen molar-refractivity contribution < 1.29 is 9.18 Å². The molecule has 0 saturated carbocycles. The highest BCUT2D eigenvalue weighted by atomic mass is 19.1. The number of hydrogen-bond acceptors (Lipinski definition) is 2. The molecule has 0 N–H and O–H groups in total. The Labute approximate surface area is 133 Å². The number of likely N-dealkylation sites (tertiary alicyclic amines) is 1. The molecule has 1 saturated heterocycles. The zero-order chi connectivity index (χ0) is 15.8. The van der Waals surface area contributed by atoms with Crippen LogP contribution < -0.4 is 0 Å². The normalized spacial score (nSPS) is 17.8. The lowest BCUT2D eigenvalue weighted by Crippen LogP contribution is -2.30. The summed E-state index contributed by atoms with van der Waals surface area (Å²) in [5.74, 6) is -0.273. The number of nitrogens with zero attached hydrogens (tertiary/aromatic N) is 3. The SMILES string of the molecule is O=C(c1cnn2ccccc12)N1CCC[C@H]1c1ccc(F)cc1. The van der Waals surface area contributed by atoms with E-state index in [0.29, 0.717) is 12.1 Å². The number of aromatic nitrogens is 2. The van der Waals surface area contributed by atoms with Gasteiger partial charge in [-0.05, 0) is 42.7 Å². The van der Waals surface area contributed by atoms with Crippen LogP contribution in [0.2, 0.25) is 0 Å². The summed E-state index contributed by atoms with van der Waals surface area (Å²) in [7, 11) is 0. The minimum atomic E-state index is -0.257. The lowest BCUT2D eigenvalue weighted by Gasteiger charge is -2.24. The molecule has 1 fully saturated rings. The van der Waals surface area contributed by atoms with E-state index < -0.39 is 0 Å². The van der Waals surface area contributed by atoms with Crippen LogP contribution in [-0.4, -0.2) is 27.0 Å². The van der Waals surface area contributed by atoms with Gasteiger partial charge in [0.25, 0.3) is 5.91 Å². The van der Waals surface area contributed by atoms with Crippen LogP contribution >= 0.6 is 0 Å². The van der Waals surface area contributed by atoms with Crippen LogP contribution in [0.3, 0.4) is 0 Å². The van der Waals surface area contributed by atoms with Crippen LogP contribution in [0.4, 0.5) is 4.39 Å². The van der Waals surface area contributed by atoms with E-state index in [0.717, 1.165) is 23.9 Å². The van der Waals surface area contributed by atoms with Crippen LogP contribution in [0.5, 0.6) is 0 Å². The predicted molar refractivity (Wildman–Crippen MR) is 84.6 cm³/mol. The standard InChI is InChI=1S/C18H16FN3O/c19-14-8-6-13(7-9-14)16-5-3-10-21(16)18(23)15-12-20-22-11-2-1-4-17(15)22/h1-2,4,6-9,11-12,16H,3,5,10H2/t16-/m0/s1. The number of carbonyl (C=O) groups excluding carboxylic acids is 1. The minimum absolute atomic E-state index is 0.00163. The van der Waals surface area contributed by atoms with Gasteiger partial charge >= 0.3 is 0 Å². The van der Waals surface area contributed by atoms with E-state index in [9.17, 15) is 9.18 Å². The third-order valence-electron chi connectivity index (χ3n) is 4.43. The molecule has 1 aliphatic heterocycles. The molecule has 1 amide bonds. The summed E-state index contributed by atoms with van der Waals surface area (Å²) in [4.78, 5) is 14.8. The fraction of sp³-hybridized carbons (Fsp3) is 0.222. The van der Waals surface area contributed by atoms with Crippen molar-refractivity contribution in [3.05, 3.63) is 71.8 Å². The molecule has 0 bridgehead atoms. The first kappa shape index (κ1) is 13.9. The number of carbonyl (C=O) groups is 1. The first-order valence-electron chi connectivity index (χ1n) is 7.73. The average molecular weight is 309 g/mol. The zero-order valence-electron chi connectivity index (χ0n) is 12.5. The van der Waals surface area contributed by atoms with Crippen molar-refractivity contribution in [2.45, 2.75) is 18.9 Å². The van der Waals surface area contributed by atoms with Crippen LogP contribution in [0.25, 0.3) is 5.52 Å². The first-order chi connectivity index (χ1) is 11.2. The van der Waals surface area contributed by atoms with Gasteiger partial charge in [0.1, 0.15) is 5.82 Å². The molecular weight excluding hydrogens is 293 g/mol. The number of rotatable bonds is 2. The Kier molecular flexibility index (Phi) is 3.33. The summed E-state index contributed by atoms with van der Waals surface area (Å²) in [6, 6.07) is 12.1. The van der Waals surface area contributed by atoms with E-state index in [1.54, 1.807) is 22.8 Å². The predicted octanol–water partition coefficient (Wildman–Crippen LogP) is 3.45. The molecule has 3 aromatic rings. The Hall–Kier alpha value is -2.69. The highest BCUT2D eigenvalue weighted by Gasteiger charge is 2.31. The molecule has 0 radical (unpaired) electrons. The van der Waals surface area contributed by atoms with Gasteiger partial charge < -0.3 is 4.90 Å². The number of hydrogen-bond donors (Lipinski definition) is 0. The van der Waals surface area contributed by atoms with Gasteiger partial charge in [-0.1, -0.05) is 18.2 Å². The lowest BCUT2D eigenvalue weighted by molar-refractivity contribution is 0.0737. The Bertz CT molecular complexity index is 856. The molecule has 4 rings (SSSR count). The van der Waals surface area contributed by atoms with E-state index in [1.807, 2.05) is 29.3 Å². The third-order valence-corrected chi connectivity index (χ3v) is 4.43. The monoisotopic (exact) mass is 309 g/mol.